The average molecular weight is 448 g/mol. The fourth-order valence-corrected chi connectivity index (χ4v) is 3.99. The van der Waals surface area contributed by atoms with Gasteiger partial charge in [-0.15, -0.1) is 0 Å². The van der Waals surface area contributed by atoms with E-state index < -0.39 is 17.1 Å². The Kier molecular flexibility index (Phi) is 6.11. The Balaban J connectivity index is 1.75. The SMILES string of the molecule is CCOC(=O)CC[C@@]1(C(=O)OC(C)(C)C)COC(c2cccc3cc4ccccc4cc23)=N1. The normalized spacial score (nSPS) is 18.1. The van der Waals surface area contributed by atoms with Gasteiger partial charge >= 0.3 is 11.9 Å². The Morgan fingerprint density at radius 1 is 1.03 bits per heavy atom. The molecule has 0 radical (unpaired) electrons. The number of benzene rings is 3. The quantitative estimate of drug-likeness (QED) is 0.384. The molecule has 6 heteroatoms. The van der Waals surface area contributed by atoms with Crippen LogP contribution in [-0.2, 0) is 23.8 Å². The monoisotopic (exact) mass is 447 g/mol. The molecule has 6 nitrogen and oxygen atoms in total. The van der Waals surface area contributed by atoms with Gasteiger partial charge in [-0.25, -0.2) is 9.79 Å². The lowest BCUT2D eigenvalue weighted by Gasteiger charge is -2.27. The first-order chi connectivity index (χ1) is 15.7. The molecule has 1 heterocycles. The zero-order chi connectivity index (χ0) is 23.6. The second-order valence-corrected chi connectivity index (χ2v) is 9.27. The first kappa shape index (κ1) is 22.8. The zero-order valence-corrected chi connectivity index (χ0v) is 19.5. The van der Waals surface area contributed by atoms with E-state index in [1.54, 1.807) is 27.7 Å². The molecular weight excluding hydrogens is 418 g/mol. The van der Waals surface area contributed by atoms with Crippen molar-refractivity contribution in [3.8, 4) is 0 Å². The van der Waals surface area contributed by atoms with Crippen molar-refractivity contribution in [3.05, 3.63) is 60.2 Å². The number of hydrogen-bond donors (Lipinski definition) is 0. The number of esters is 2. The van der Waals surface area contributed by atoms with Crippen molar-refractivity contribution in [2.75, 3.05) is 13.2 Å². The number of hydrogen-bond acceptors (Lipinski definition) is 6. The summed E-state index contributed by atoms with van der Waals surface area (Å²) >= 11 is 0. The molecule has 1 atom stereocenters. The van der Waals surface area contributed by atoms with Crippen LogP contribution in [0.5, 0.6) is 0 Å². The highest BCUT2D eigenvalue weighted by Gasteiger charge is 2.47. The molecule has 0 aliphatic carbocycles. The van der Waals surface area contributed by atoms with Crippen LogP contribution in [0.2, 0.25) is 0 Å². The highest BCUT2D eigenvalue weighted by atomic mass is 16.6. The van der Waals surface area contributed by atoms with Crippen molar-refractivity contribution < 1.29 is 23.8 Å². The van der Waals surface area contributed by atoms with Crippen molar-refractivity contribution in [1.29, 1.82) is 0 Å². The van der Waals surface area contributed by atoms with Gasteiger partial charge in [-0.1, -0.05) is 36.4 Å². The summed E-state index contributed by atoms with van der Waals surface area (Å²) in [6.45, 7) is 7.47. The summed E-state index contributed by atoms with van der Waals surface area (Å²) in [6.07, 6.45) is 0.200. The maximum absolute atomic E-state index is 13.2. The smallest absolute Gasteiger partial charge is 0.338 e. The molecule has 3 aromatic rings. The number of rotatable bonds is 6. The third-order valence-electron chi connectivity index (χ3n) is 5.57. The summed E-state index contributed by atoms with van der Waals surface area (Å²) < 4.78 is 16.7. The molecule has 0 saturated carbocycles. The average Bonchev–Trinajstić information content (AvgIpc) is 3.21. The molecule has 0 N–H and O–H groups in total. The van der Waals surface area contributed by atoms with Crippen LogP contribution < -0.4 is 0 Å². The predicted octanol–water partition coefficient (Wildman–Crippen LogP) is 5.19. The fraction of sp³-hybridized carbons (Fsp3) is 0.370. The van der Waals surface area contributed by atoms with E-state index in [2.05, 4.69) is 24.3 Å². The van der Waals surface area contributed by atoms with Crippen molar-refractivity contribution in [3.63, 3.8) is 0 Å². The highest BCUT2D eigenvalue weighted by molar-refractivity contribution is 6.12. The number of ether oxygens (including phenoxy) is 3. The van der Waals surface area contributed by atoms with Gasteiger partial charge in [0.1, 0.15) is 12.2 Å². The Morgan fingerprint density at radius 3 is 2.42 bits per heavy atom. The van der Waals surface area contributed by atoms with Gasteiger partial charge in [0, 0.05) is 12.0 Å². The molecule has 0 aromatic heterocycles. The number of aliphatic imine (C=N–C) groups is 1. The number of nitrogens with zero attached hydrogens (tertiary/aromatic N) is 1. The van der Waals surface area contributed by atoms with Crippen LogP contribution in [0.15, 0.2) is 59.6 Å². The minimum absolute atomic E-state index is 0.0145. The van der Waals surface area contributed by atoms with Crippen molar-refractivity contribution in [1.82, 2.24) is 0 Å². The maximum atomic E-state index is 13.2. The molecule has 0 saturated heterocycles. The summed E-state index contributed by atoms with van der Waals surface area (Å²) in [5, 5.41) is 4.30. The minimum Gasteiger partial charge on any atom is -0.474 e. The second kappa shape index (κ2) is 8.85. The summed E-state index contributed by atoms with van der Waals surface area (Å²) in [5.74, 6) is -0.494. The van der Waals surface area contributed by atoms with E-state index in [0.29, 0.717) is 5.90 Å². The third kappa shape index (κ3) is 4.85. The predicted molar refractivity (Wildman–Crippen MR) is 128 cm³/mol. The van der Waals surface area contributed by atoms with Gasteiger partial charge in [-0.3, -0.25) is 4.79 Å². The van der Waals surface area contributed by atoms with E-state index in [9.17, 15) is 9.59 Å². The second-order valence-electron chi connectivity index (χ2n) is 9.27. The van der Waals surface area contributed by atoms with Crippen LogP contribution >= 0.6 is 0 Å². The van der Waals surface area contributed by atoms with Crippen LogP contribution in [0.25, 0.3) is 21.5 Å². The minimum atomic E-state index is -1.30. The first-order valence-corrected chi connectivity index (χ1v) is 11.2. The lowest BCUT2D eigenvalue weighted by Crippen LogP contribution is -2.43. The first-order valence-electron chi connectivity index (χ1n) is 11.2. The van der Waals surface area contributed by atoms with E-state index in [-0.39, 0.29) is 32.0 Å². The summed E-state index contributed by atoms with van der Waals surface area (Å²) in [7, 11) is 0. The summed E-state index contributed by atoms with van der Waals surface area (Å²) in [6, 6.07) is 18.3. The number of fused-ring (bicyclic) bond motifs is 2. The van der Waals surface area contributed by atoms with Crippen molar-refractivity contribution in [2.45, 2.75) is 51.7 Å². The Morgan fingerprint density at radius 2 is 1.73 bits per heavy atom. The third-order valence-corrected chi connectivity index (χ3v) is 5.57. The van der Waals surface area contributed by atoms with E-state index in [4.69, 9.17) is 19.2 Å². The standard InChI is InChI=1S/C27H29NO5/c1-5-31-23(29)13-14-27(25(30)33-26(2,3)4)17-32-24(28-27)21-12-8-11-20-15-18-9-6-7-10-19(18)16-22(20)21/h6-12,15-16H,5,13-14,17H2,1-4H3/t27-/m0/s1. The van der Waals surface area contributed by atoms with Gasteiger partial charge in [-0.05, 0) is 73.9 Å². The van der Waals surface area contributed by atoms with Crippen molar-refractivity contribution in [2.24, 2.45) is 4.99 Å². The van der Waals surface area contributed by atoms with E-state index in [0.717, 1.165) is 27.1 Å². The molecule has 33 heavy (non-hydrogen) atoms. The van der Waals surface area contributed by atoms with Gasteiger partial charge in [0.25, 0.3) is 0 Å². The molecule has 0 spiro atoms. The van der Waals surface area contributed by atoms with Crippen LogP contribution in [0.3, 0.4) is 0 Å². The lowest BCUT2D eigenvalue weighted by atomic mass is 9.95. The van der Waals surface area contributed by atoms with Gasteiger partial charge in [0.2, 0.25) is 5.90 Å². The highest BCUT2D eigenvalue weighted by Crippen LogP contribution is 2.33. The van der Waals surface area contributed by atoms with E-state index in [1.165, 1.54) is 0 Å². The molecule has 0 bridgehead atoms. The Labute approximate surface area is 193 Å². The van der Waals surface area contributed by atoms with Gasteiger partial charge < -0.3 is 14.2 Å². The molecule has 3 aromatic carbocycles. The molecular formula is C27H29NO5. The topological polar surface area (TPSA) is 74.2 Å². The van der Waals surface area contributed by atoms with Crippen LogP contribution in [0.4, 0.5) is 0 Å². The molecule has 172 valence electrons. The Hall–Kier alpha value is -3.41. The summed E-state index contributed by atoms with van der Waals surface area (Å²) in [5.41, 5.74) is -1.18. The lowest BCUT2D eigenvalue weighted by molar-refractivity contribution is -0.162. The zero-order valence-electron chi connectivity index (χ0n) is 19.5. The van der Waals surface area contributed by atoms with Gasteiger partial charge in [-0.2, -0.15) is 0 Å². The Bertz CT molecular complexity index is 1240. The number of carbonyl (C=O) groups is 2. The van der Waals surface area contributed by atoms with Gasteiger partial charge in [0.05, 0.1) is 6.61 Å². The fourth-order valence-electron chi connectivity index (χ4n) is 3.99. The molecule has 4 rings (SSSR count). The van der Waals surface area contributed by atoms with Gasteiger partial charge in [0.15, 0.2) is 5.54 Å². The van der Waals surface area contributed by atoms with E-state index in [1.807, 2.05) is 30.3 Å². The maximum Gasteiger partial charge on any atom is 0.338 e. The molecule has 1 aliphatic rings. The summed E-state index contributed by atoms with van der Waals surface area (Å²) in [4.78, 5) is 30.0. The molecule has 0 amide bonds. The van der Waals surface area contributed by atoms with E-state index >= 15 is 0 Å². The number of carbonyl (C=O) groups excluding carboxylic acids is 2. The van der Waals surface area contributed by atoms with Crippen LogP contribution in [-0.4, -0.2) is 42.2 Å². The largest absolute Gasteiger partial charge is 0.474 e. The van der Waals surface area contributed by atoms with Crippen molar-refractivity contribution >= 4 is 39.4 Å². The van der Waals surface area contributed by atoms with Crippen LogP contribution in [0, 0.1) is 0 Å². The van der Waals surface area contributed by atoms with Crippen LogP contribution in [0.1, 0.15) is 46.1 Å². The molecule has 1 aliphatic heterocycles. The molecule has 0 unspecified atom stereocenters. The molecule has 0 fully saturated rings.